The van der Waals surface area contributed by atoms with Crippen molar-refractivity contribution in [2.45, 2.75) is 13.8 Å². The van der Waals surface area contributed by atoms with Crippen molar-refractivity contribution < 1.29 is 14.8 Å². The molecule has 10 heteroatoms. The zero-order valence-corrected chi connectivity index (χ0v) is 20.2. The Hall–Kier alpha value is -4.02. The summed E-state index contributed by atoms with van der Waals surface area (Å²) >= 11 is 1.58. The molecule has 3 aromatic heterocycles. The van der Waals surface area contributed by atoms with Crippen LogP contribution in [0.25, 0.3) is 10.6 Å². The summed E-state index contributed by atoms with van der Waals surface area (Å²) in [7, 11) is 3.27. The topological polar surface area (TPSA) is 132 Å². The van der Waals surface area contributed by atoms with Crippen LogP contribution in [0.4, 0.5) is 28.8 Å². The number of nitrogens with two attached hydrogens (primary N) is 2. The number of para-hydroxylation sites is 1. The average Bonchev–Trinajstić information content (AvgIpc) is 3.24. The van der Waals surface area contributed by atoms with E-state index in [4.69, 9.17) is 10.5 Å². The maximum Gasteiger partial charge on any atom is 0.348 e. The number of ether oxygens (including phenoxy) is 1. The number of quaternary nitrogens is 1. The minimum Gasteiger partial charge on any atom is -0.494 e. The molecule has 0 unspecified atom stereocenters. The minimum absolute atomic E-state index is 0.105. The zero-order valence-electron chi connectivity index (χ0n) is 19.3. The van der Waals surface area contributed by atoms with E-state index in [-0.39, 0.29) is 17.3 Å². The van der Waals surface area contributed by atoms with Crippen molar-refractivity contribution in [3.05, 3.63) is 64.8 Å². The van der Waals surface area contributed by atoms with Gasteiger partial charge in [-0.15, -0.1) is 11.3 Å². The van der Waals surface area contributed by atoms with E-state index in [9.17, 15) is 4.79 Å². The number of hydrogen-bond acceptors (Lipinski definition) is 9. The van der Waals surface area contributed by atoms with Gasteiger partial charge in [-0.3, -0.25) is 5.32 Å². The molecule has 1 aromatic carbocycles. The Balaban J connectivity index is 1.78. The van der Waals surface area contributed by atoms with Gasteiger partial charge in [0.1, 0.15) is 28.0 Å². The van der Waals surface area contributed by atoms with Crippen molar-refractivity contribution in [3.8, 4) is 16.3 Å². The van der Waals surface area contributed by atoms with Gasteiger partial charge in [-0.25, -0.2) is 19.7 Å². The van der Waals surface area contributed by atoms with E-state index in [2.05, 4.69) is 25.6 Å². The maximum atomic E-state index is 12.7. The van der Waals surface area contributed by atoms with Gasteiger partial charge < -0.3 is 21.1 Å². The Bertz CT molecular complexity index is 1350. The van der Waals surface area contributed by atoms with E-state index in [0.29, 0.717) is 28.8 Å². The third-order valence-corrected chi connectivity index (χ3v) is 6.01. The van der Waals surface area contributed by atoms with E-state index >= 15 is 0 Å². The third kappa shape index (κ3) is 4.82. The summed E-state index contributed by atoms with van der Waals surface area (Å²) in [6, 6.07) is 11.3. The van der Waals surface area contributed by atoms with Crippen molar-refractivity contribution >= 4 is 46.1 Å². The fourth-order valence-corrected chi connectivity index (χ4v) is 4.30. The first-order valence-corrected chi connectivity index (χ1v) is 11.4. The number of methoxy groups -OCH3 is 1. The van der Waals surface area contributed by atoms with E-state index in [1.165, 1.54) is 5.32 Å². The molecule has 0 fully saturated rings. The van der Waals surface area contributed by atoms with Gasteiger partial charge in [-0.05, 0) is 43.7 Å². The SMILES string of the molecule is C[NH2+]C(=O)c1c(Nc2cccc(-c3ncc(C)s3)c2OC)cc(Nc2cc(C)ccn2)nc1N. The lowest BCUT2D eigenvalue weighted by molar-refractivity contribution is -0.523. The molecule has 34 heavy (non-hydrogen) atoms. The number of carbonyl (C=O) groups excluding carboxylic acids is 1. The average molecular weight is 477 g/mol. The van der Waals surface area contributed by atoms with Crippen LogP contribution in [-0.4, -0.2) is 35.0 Å². The van der Waals surface area contributed by atoms with Crippen LogP contribution in [-0.2, 0) is 0 Å². The monoisotopic (exact) mass is 476 g/mol. The number of pyridine rings is 2. The van der Waals surface area contributed by atoms with Crippen molar-refractivity contribution in [1.82, 2.24) is 15.0 Å². The molecule has 0 aliphatic rings. The number of benzene rings is 1. The van der Waals surface area contributed by atoms with Gasteiger partial charge in [0, 0.05) is 23.3 Å². The quantitative estimate of drug-likeness (QED) is 0.318. The highest BCUT2D eigenvalue weighted by Crippen LogP contribution is 2.40. The van der Waals surface area contributed by atoms with Gasteiger partial charge in [0.2, 0.25) is 0 Å². The van der Waals surface area contributed by atoms with Crippen LogP contribution in [0.5, 0.6) is 5.75 Å². The lowest BCUT2D eigenvalue weighted by Crippen LogP contribution is -2.84. The second kappa shape index (κ2) is 9.86. The summed E-state index contributed by atoms with van der Waals surface area (Å²) in [6.07, 6.45) is 3.54. The van der Waals surface area contributed by atoms with E-state index in [1.54, 1.807) is 37.8 Å². The molecule has 0 saturated carbocycles. The molecule has 6 N–H and O–H groups in total. The third-order valence-electron chi connectivity index (χ3n) is 5.07. The lowest BCUT2D eigenvalue weighted by Gasteiger charge is -2.17. The molecule has 0 radical (unpaired) electrons. The molecule has 0 saturated heterocycles. The highest BCUT2D eigenvalue weighted by molar-refractivity contribution is 7.15. The summed E-state index contributed by atoms with van der Waals surface area (Å²) in [5, 5.41) is 8.80. The first-order valence-electron chi connectivity index (χ1n) is 10.6. The number of amides is 1. The number of nitrogens with one attached hydrogen (secondary N) is 2. The predicted octanol–water partition coefficient (Wildman–Crippen LogP) is 3.63. The highest BCUT2D eigenvalue weighted by atomic mass is 32.1. The summed E-state index contributed by atoms with van der Waals surface area (Å²) in [4.78, 5) is 27.0. The molecule has 0 spiro atoms. The van der Waals surface area contributed by atoms with Crippen LogP contribution in [0.1, 0.15) is 20.8 Å². The van der Waals surface area contributed by atoms with Gasteiger partial charge in [-0.2, -0.15) is 0 Å². The molecule has 0 bridgehead atoms. The molecule has 0 aliphatic carbocycles. The van der Waals surface area contributed by atoms with E-state index in [0.717, 1.165) is 21.0 Å². The van der Waals surface area contributed by atoms with E-state index < -0.39 is 0 Å². The molecule has 4 aromatic rings. The van der Waals surface area contributed by atoms with Gasteiger partial charge >= 0.3 is 5.91 Å². The Kier molecular flexibility index (Phi) is 6.71. The number of carbonyl (C=O) groups is 1. The van der Waals surface area contributed by atoms with Crippen LogP contribution < -0.4 is 26.4 Å². The van der Waals surface area contributed by atoms with Crippen molar-refractivity contribution in [1.29, 1.82) is 0 Å². The second-order valence-electron chi connectivity index (χ2n) is 7.60. The second-order valence-corrected chi connectivity index (χ2v) is 8.83. The Labute approximate surface area is 201 Å². The number of nitrogen functional groups attached to an aromatic ring is 1. The molecule has 3 heterocycles. The van der Waals surface area contributed by atoms with Crippen LogP contribution >= 0.6 is 11.3 Å². The first kappa shape index (κ1) is 23.1. The Morgan fingerprint density at radius 1 is 1.09 bits per heavy atom. The van der Waals surface area contributed by atoms with Gasteiger partial charge in [0.05, 0.1) is 31.1 Å². The number of nitrogens with zero attached hydrogens (tertiary/aromatic N) is 3. The summed E-state index contributed by atoms with van der Waals surface area (Å²) in [6.45, 7) is 3.98. The molecular formula is C24H26N7O2S+. The molecule has 0 atom stereocenters. The normalized spacial score (nSPS) is 10.7. The van der Waals surface area contributed by atoms with E-state index in [1.807, 2.05) is 50.4 Å². The molecular weight excluding hydrogens is 450 g/mol. The largest absolute Gasteiger partial charge is 0.494 e. The smallest absolute Gasteiger partial charge is 0.348 e. The number of hydrogen-bond donors (Lipinski definition) is 4. The molecule has 4 rings (SSSR count). The van der Waals surface area contributed by atoms with Gasteiger partial charge in [0.15, 0.2) is 5.75 Å². The standard InChI is InChI=1S/C24H25N7O2S/c1-13-8-9-27-18(10-13)30-19-11-17(20(22(25)31-19)23(32)26-3)29-16-7-5-6-15(21(16)33-4)24-28-12-14(2)34-24/h5-12H,1-4H3,(H,26,32)(H4,25,27,29,30,31)/p+1. The number of rotatable bonds is 7. The Morgan fingerprint density at radius 3 is 2.59 bits per heavy atom. The van der Waals surface area contributed by atoms with Crippen molar-refractivity contribution in [3.63, 3.8) is 0 Å². The number of aromatic nitrogens is 3. The number of primary amides is 1. The number of anilines is 5. The van der Waals surface area contributed by atoms with Gasteiger partial charge in [-0.1, -0.05) is 6.07 Å². The minimum atomic E-state index is -0.238. The van der Waals surface area contributed by atoms with Gasteiger partial charge in [0.25, 0.3) is 0 Å². The zero-order chi connectivity index (χ0) is 24.2. The van der Waals surface area contributed by atoms with Crippen LogP contribution in [0.2, 0.25) is 0 Å². The highest BCUT2D eigenvalue weighted by Gasteiger charge is 2.22. The molecule has 9 nitrogen and oxygen atoms in total. The van der Waals surface area contributed by atoms with Crippen LogP contribution in [0, 0.1) is 13.8 Å². The number of aryl methyl sites for hydroxylation is 2. The first-order chi connectivity index (χ1) is 16.4. The van der Waals surface area contributed by atoms with Crippen molar-refractivity contribution in [2.75, 3.05) is 30.5 Å². The fraction of sp³-hybridized carbons (Fsp3) is 0.167. The summed E-state index contributed by atoms with van der Waals surface area (Å²) < 4.78 is 5.75. The van der Waals surface area contributed by atoms with Crippen LogP contribution in [0.3, 0.4) is 0 Å². The summed E-state index contributed by atoms with van der Waals surface area (Å²) in [5.74, 6) is 1.56. The van der Waals surface area contributed by atoms with Crippen LogP contribution in [0.15, 0.2) is 48.8 Å². The lowest BCUT2D eigenvalue weighted by atomic mass is 10.1. The molecule has 1 amide bonds. The maximum absolute atomic E-state index is 12.7. The Morgan fingerprint density at radius 2 is 1.91 bits per heavy atom. The number of thiazole rings is 1. The summed E-state index contributed by atoms with van der Waals surface area (Å²) in [5.41, 5.74) is 9.59. The predicted molar refractivity (Wildman–Crippen MR) is 135 cm³/mol. The van der Waals surface area contributed by atoms with Crippen molar-refractivity contribution in [2.24, 2.45) is 0 Å². The molecule has 0 aliphatic heterocycles. The fourth-order valence-electron chi connectivity index (χ4n) is 3.51. The molecule has 174 valence electrons.